The molecule has 7 nitrogen and oxygen atoms in total. The molecule has 0 fully saturated rings. The number of carbonyl (C=O) groups is 1. The van der Waals surface area contributed by atoms with E-state index in [9.17, 15) is 4.79 Å². The minimum atomic E-state index is -0.340. The summed E-state index contributed by atoms with van der Waals surface area (Å²) in [6, 6.07) is 10.4. The average Bonchev–Trinajstić information content (AvgIpc) is 3.10. The van der Waals surface area contributed by atoms with Gasteiger partial charge in [-0.2, -0.15) is 5.10 Å². The van der Waals surface area contributed by atoms with Crippen molar-refractivity contribution in [3.05, 3.63) is 47.5 Å². The lowest BCUT2D eigenvalue weighted by atomic mass is 10.2. The first-order valence-electron chi connectivity index (χ1n) is 7.75. The maximum Gasteiger partial charge on any atom is 0.271 e. The minimum Gasteiger partial charge on any atom is -0.493 e. The topological polar surface area (TPSA) is 78.4 Å². The van der Waals surface area contributed by atoms with Crippen molar-refractivity contribution in [1.29, 1.82) is 0 Å². The maximum atomic E-state index is 12.1. The zero-order valence-corrected chi connectivity index (χ0v) is 13.9. The summed E-state index contributed by atoms with van der Waals surface area (Å²) >= 11 is 0. The van der Waals surface area contributed by atoms with E-state index in [2.05, 4.69) is 10.5 Å². The Labute approximate surface area is 145 Å². The van der Waals surface area contributed by atoms with E-state index in [0.717, 1.165) is 5.56 Å². The number of fused-ring (bicyclic) bond motifs is 1. The van der Waals surface area contributed by atoms with E-state index in [-0.39, 0.29) is 12.7 Å². The second kappa shape index (κ2) is 7.57. The fourth-order valence-corrected chi connectivity index (χ4v) is 2.31. The van der Waals surface area contributed by atoms with Crippen LogP contribution >= 0.6 is 0 Å². The normalized spacial score (nSPS) is 12.2. The minimum absolute atomic E-state index is 0.165. The number of hydrazone groups is 1. The first kappa shape index (κ1) is 16.6. The number of carbonyl (C=O) groups excluding carboxylic acids is 1. The second-order valence-electron chi connectivity index (χ2n) is 5.11. The summed E-state index contributed by atoms with van der Waals surface area (Å²) in [5.41, 5.74) is 3.68. The molecular formula is C18H18N2O5. The molecule has 0 atom stereocenters. The lowest BCUT2D eigenvalue weighted by molar-refractivity contribution is 0.0954. The third-order valence-corrected chi connectivity index (χ3v) is 3.50. The van der Waals surface area contributed by atoms with Gasteiger partial charge in [0, 0.05) is 5.56 Å². The highest BCUT2D eigenvalue weighted by atomic mass is 16.7. The summed E-state index contributed by atoms with van der Waals surface area (Å²) < 4.78 is 21.2. The van der Waals surface area contributed by atoms with Crippen molar-refractivity contribution in [3.63, 3.8) is 0 Å². The van der Waals surface area contributed by atoms with Gasteiger partial charge in [0.05, 0.1) is 19.9 Å². The van der Waals surface area contributed by atoms with Crippen LogP contribution in [0.4, 0.5) is 0 Å². The van der Waals surface area contributed by atoms with Crippen molar-refractivity contribution in [3.8, 4) is 23.0 Å². The molecule has 130 valence electrons. The SMILES string of the molecule is CCOc1ccc(/C=N\NC(=O)c2ccc3c(c2)OCO3)cc1OC. The standard InChI is InChI=1S/C18H18N2O5/c1-3-23-14-6-4-12(8-16(14)22-2)10-19-20-18(21)13-5-7-15-17(9-13)25-11-24-15/h4-10H,3,11H2,1-2H3,(H,20,21)/b19-10-. The van der Waals surface area contributed by atoms with Gasteiger partial charge in [0.2, 0.25) is 6.79 Å². The summed E-state index contributed by atoms with van der Waals surface area (Å²) in [5, 5.41) is 3.97. The Morgan fingerprint density at radius 2 is 2.04 bits per heavy atom. The smallest absolute Gasteiger partial charge is 0.271 e. The number of rotatable bonds is 6. The van der Waals surface area contributed by atoms with Crippen molar-refractivity contribution < 1.29 is 23.7 Å². The molecule has 0 unspecified atom stereocenters. The van der Waals surface area contributed by atoms with Crippen molar-refractivity contribution in [1.82, 2.24) is 5.43 Å². The molecule has 0 radical (unpaired) electrons. The fourth-order valence-electron chi connectivity index (χ4n) is 2.31. The van der Waals surface area contributed by atoms with Crippen LogP contribution in [0.3, 0.4) is 0 Å². The molecule has 0 spiro atoms. The molecule has 2 aromatic carbocycles. The summed E-state index contributed by atoms with van der Waals surface area (Å²) in [5.74, 6) is 2.10. The van der Waals surface area contributed by atoms with Crippen molar-refractivity contribution in [2.75, 3.05) is 20.5 Å². The van der Waals surface area contributed by atoms with Crippen LogP contribution in [0.25, 0.3) is 0 Å². The summed E-state index contributed by atoms with van der Waals surface area (Å²) in [6.45, 7) is 2.62. The maximum absolute atomic E-state index is 12.1. The van der Waals surface area contributed by atoms with Crippen LogP contribution in [-0.2, 0) is 0 Å². The van der Waals surface area contributed by atoms with E-state index in [1.165, 1.54) is 6.21 Å². The lowest BCUT2D eigenvalue weighted by Gasteiger charge is -2.09. The van der Waals surface area contributed by atoms with Crippen LogP contribution in [0.15, 0.2) is 41.5 Å². The van der Waals surface area contributed by atoms with E-state index >= 15 is 0 Å². The Kier molecular flexibility index (Phi) is 5.03. The average molecular weight is 342 g/mol. The Bertz CT molecular complexity index is 804. The highest BCUT2D eigenvalue weighted by Gasteiger charge is 2.15. The van der Waals surface area contributed by atoms with E-state index in [0.29, 0.717) is 35.2 Å². The van der Waals surface area contributed by atoms with Gasteiger partial charge in [-0.15, -0.1) is 0 Å². The summed E-state index contributed by atoms with van der Waals surface area (Å²) in [4.78, 5) is 12.1. The Morgan fingerprint density at radius 3 is 2.84 bits per heavy atom. The van der Waals surface area contributed by atoms with Crippen LogP contribution < -0.4 is 24.4 Å². The monoisotopic (exact) mass is 342 g/mol. The van der Waals surface area contributed by atoms with Gasteiger partial charge in [0.15, 0.2) is 23.0 Å². The molecule has 1 amide bonds. The molecule has 0 aromatic heterocycles. The molecule has 7 heteroatoms. The highest BCUT2D eigenvalue weighted by molar-refractivity contribution is 5.95. The Morgan fingerprint density at radius 1 is 1.20 bits per heavy atom. The number of benzene rings is 2. The molecule has 2 aromatic rings. The first-order valence-corrected chi connectivity index (χ1v) is 7.75. The largest absolute Gasteiger partial charge is 0.493 e. The van der Waals surface area contributed by atoms with Crippen LogP contribution in [0.2, 0.25) is 0 Å². The van der Waals surface area contributed by atoms with Crippen LogP contribution in [-0.4, -0.2) is 32.6 Å². The number of nitrogens with zero attached hydrogens (tertiary/aromatic N) is 1. The van der Waals surface area contributed by atoms with Gasteiger partial charge < -0.3 is 18.9 Å². The zero-order valence-electron chi connectivity index (χ0n) is 13.9. The first-order chi connectivity index (χ1) is 12.2. The number of methoxy groups -OCH3 is 1. The van der Waals surface area contributed by atoms with Gasteiger partial charge in [0.1, 0.15) is 0 Å². The van der Waals surface area contributed by atoms with Crippen molar-refractivity contribution >= 4 is 12.1 Å². The van der Waals surface area contributed by atoms with Gasteiger partial charge >= 0.3 is 0 Å². The van der Waals surface area contributed by atoms with Crippen molar-refractivity contribution in [2.45, 2.75) is 6.92 Å². The van der Waals surface area contributed by atoms with E-state index < -0.39 is 0 Å². The predicted octanol–water partition coefficient (Wildman–Crippen LogP) is 2.59. The predicted molar refractivity (Wildman–Crippen MR) is 91.8 cm³/mol. The summed E-state index contributed by atoms with van der Waals surface area (Å²) in [7, 11) is 1.57. The van der Waals surface area contributed by atoms with Gasteiger partial charge in [-0.3, -0.25) is 4.79 Å². The molecule has 0 aliphatic carbocycles. The summed E-state index contributed by atoms with van der Waals surface area (Å²) in [6.07, 6.45) is 1.53. The number of amides is 1. The number of hydrogen-bond acceptors (Lipinski definition) is 6. The van der Waals surface area contributed by atoms with Gasteiger partial charge in [0.25, 0.3) is 5.91 Å². The molecule has 0 bridgehead atoms. The Hall–Kier alpha value is -3.22. The van der Waals surface area contributed by atoms with E-state index in [4.69, 9.17) is 18.9 Å². The van der Waals surface area contributed by atoms with E-state index in [1.807, 2.05) is 13.0 Å². The molecule has 25 heavy (non-hydrogen) atoms. The quantitative estimate of drug-likeness (QED) is 0.645. The number of nitrogens with one attached hydrogen (secondary N) is 1. The third-order valence-electron chi connectivity index (χ3n) is 3.50. The molecule has 1 heterocycles. The number of ether oxygens (including phenoxy) is 4. The number of hydrogen-bond donors (Lipinski definition) is 1. The molecule has 0 saturated carbocycles. The second-order valence-corrected chi connectivity index (χ2v) is 5.11. The lowest BCUT2D eigenvalue weighted by Crippen LogP contribution is -2.17. The zero-order chi connectivity index (χ0) is 17.6. The molecule has 3 rings (SSSR count). The van der Waals surface area contributed by atoms with Crippen LogP contribution in [0.1, 0.15) is 22.8 Å². The molecule has 1 aliphatic heterocycles. The van der Waals surface area contributed by atoms with Gasteiger partial charge in [-0.05, 0) is 48.9 Å². The van der Waals surface area contributed by atoms with Crippen LogP contribution in [0.5, 0.6) is 23.0 Å². The van der Waals surface area contributed by atoms with Crippen LogP contribution in [0, 0.1) is 0 Å². The van der Waals surface area contributed by atoms with Crippen molar-refractivity contribution in [2.24, 2.45) is 5.10 Å². The van der Waals surface area contributed by atoms with Gasteiger partial charge in [-0.25, -0.2) is 5.43 Å². The highest BCUT2D eigenvalue weighted by Crippen LogP contribution is 2.32. The molecular weight excluding hydrogens is 324 g/mol. The third kappa shape index (κ3) is 3.82. The van der Waals surface area contributed by atoms with Gasteiger partial charge in [-0.1, -0.05) is 0 Å². The molecule has 0 saturated heterocycles. The fraction of sp³-hybridized carbons (Fsp3) is 0.222. The van der Waals surface area contributed by atoms with E-state index in [1.54, 1.807) is 37.4 Å². The Balaban J connectivity index is 1.65. The molecule has 1 N–H and O–H groups in total. The molecule has 1 aliphatic rings.